The van der Waals surface area contributed by atoms with Gasteiger partial charge in [-0.2, -0.15) is 0 Å². The van der Waals surface area contributed by atoms with Crippen molar-refractivity contribution in [3.8, 4) is 0 Å². The molecule has 134 valence electrons. The first-order chi connectivity index (χ1) is 12.5. The summed E-state index contributed by atoms with van der Waals surface area (Å²) >= 11 is 0. The molecule has 2 aliphatic rings. The Morgan fingerprint density at radius 3 is 2.27 bits per heavy atom. The Balaban J connectivity index is 1.79. The number of benzene rings is 2. The van der Waals surface area contributed by atoms with Gasteiger partial charge in [0.05, 0.1) is 0 Å². The minimum absolute atomic E-state index is 0.580. The van der Waals surface area contributed by atoms with Crippen LogP contribution >= 0.6 is 0 Å². The van der Waals surface area contributed by atoms with Gasteiger partial charge in [0.2, 0.25) is 0 Å². The topological polar surface area (TPSA) is 49.4 Å². The molecule has 0 fully saturated rings. The van der Waals surface area contributed by atoms with Crippen molar-refractivity contribution in [2.75, 3.05) is 0 Å². The van der Waals surface area contributed by atoms with Crippen LogP contribution in [0.2, 0.25) is 6.55 Å². The standard InChI is InChI=1S/C19H22N4O2Si/c1-16-20-22(14-18-10-6-4-7-11-18)26(3,24-16)23(21-17(2)25-26)15-19-12-8-5-9-13-19/h4-14H,15H2,1-3H3/b22-14+. The molecular weight excluding hydrogens is 344 g/mol. The molecule has 2 aromatic rings. The van der Waals surface area contributed by atoms with E-state index >= 15 is 0 Å². The normalized spacial score (nSPS) is 23.0. The summed E-state index contributed by atoms with van der Waals surface area (Å²) < 4.78 is 16.5. The molecule has 0 unspecified atom stereocenters. The van der Waals surface area contributed by atoms with Crippen molar-refractivity contribution in [2.24, 2.45) is 10.2 Å². The minimum atomic E-state index is -3.83. The molecular formula is C19H22N4O2Si. The summed E-state index contributed by atoms with van der Waals surface area (Å²) in [5, 5.41) is 9.27. The van der Waals surface area contributed by atoms with Gasteiger partial charge in [-0.05, 0) is 0 Å². The maximum atomic E-state index is 6.32. The van der Waals surface area contributed by atoms with E-state index in [1.165, 1.54) is 0 Å². The average molecular weight is 366 g/mol. The summed E-state index contributed by atoms with van der Waals surface area (Å²) in [6.07, 6.45) is 1.97. The van der Waals surface area contributed by atoms with E-state index in [1.54, 1.807) is 0 Å². The molecule has 2 heterocycles. The van der Waals surface area contributed by atoms with Crippen molar-refractivity contribution in [3.05, 3.63) is 71.8 Å². The molecule has 0 bridgehead atoms. The first-order valence-corrected chi connectivity index (χ1v) is 11.4. The summed E-state index contributed by atoms with van der Waals surface area (Å²) in [4.78, 5) is 0. The van der Waals surface area contributed by atoms with E-state index in [0.717, 1.165) is 11.1 Å². The van der Waals surface area contributed by atoms with Gasteiger partial charge in [-0.15, -0.1) is 0 Å². The Bertz CT molecular complexity index is 923. The Labute approximate surface area is 153 Å². The molecule has 0 atom stereocenters. The number of rotatable bonds is 3. The molecule has 0 radical (unpaired) electrons. The van der Waals surface area contributed by atoms with Crippen LogP contribution in [0.3, 0.4) is 0 Å². The van der Waals surface area contributed by atoms with Crippen molar-refractivity contribution in [1.82, 2.24) is 4.67 Å². The van der Waals surface area contributed by atoms with Gasteiger partial charge in [0.1, 0.15) is 0 Å². The predicted octanol–water partition coefficient (Wildman–Crippen LogP) is 3.37. The average Bonchev–Trinajstić information content (AvgIpc) is 3.02. The van der Waals surface area contributed by atoms with Crippen molar-refractivity contribution in [3.63, 3.8) is 0 Å². The van der Waals surface area contributed by atoms with Gasteiger partial charge in [-0.3, -0.25) is 0 Å². The number of hydrogen-bond acceptors (Lipinski definition) is 5. The second kappa shape index (κ2) is 5.81. The molecule has 0 amide bonds. The Morgan fingerprint density at radius 1 is 0.962 bits per heavy atom. The van der Waals surface area contributed by atoms with Crippen LogP contribution in [0.15, 0.2) is 70.9 Å². The van der Waals surface area contributed by atoms with Gasteiger partial charge in [-0.25, -0.2) is 0 Å². The number of hydrogen-bond donors (Lipinski definition) is 0. The second-order valence-electron chi connectivity index (χ2n) is 6.77. The van der Waals surface area contributed by atoms with E-state index in [4.69, 9.17) is 8.85 Å². The number of nitrogens with zero attached hydrogens (tertiary/aromatic N) is 4. The molecule has 4 rings (SSSR count). The zero-order chi connectivity index (χ0) is 18.2. The predicted molar refractivity (Wildman–Crippen MR) is 104 cm³/mol. The van der Waals surface area contributed by atoms with Crippen molar-refractivity contribution in [2.45, 2.75) is 26.9 Å². The van der Waals surface area contributed by atoms with Crippen LogP contribution in [-0.4, -0.2) is 35.2 Å². The van der Waals surface area contributed by atoms with Gasteiger partial charge in [0, 0.05) is 0 Å². The molecule has 0 saturated heterocycles. The fraction of sp³-hybridized carbons (Fsp3) is 0.211. The molecule has 7 heteroatoms. The number of hydrazone groups is 2. The van der Waals surface area contributed by atoms with Gasteiger partial charge >= 0.3 is 153 Å². The molecule has 26 heavy (non-hydrogen) atoms. The summed E-state index contributed by atoms with van der Waals surface area (Å²) in [6.45, 7) is 6.29. The third-order valence-electron chi connectivity index (χ3n) is 4.62. The van der Waals surface area contributed by atoms with E-state index in [-0.39, 0.29) is 0 Å². The molecule has 0 aliphatic carbocycles. The molecule has 2 aliphatic heterocycles. The van der Waals surface area contributed by atoms with Crippen LogP contribution in [0.5, 0.6) is 0 Å². The molecule has 0 aromatic heterocycles. The Kier molecular flexibility index (Phi) is 3.69. The van der Waals surface area contributed by atoms with Crippen LogP contribution in [0.25, 0.3) is 0 Å². The van der Waals surface area contributed by atoms with Crippen LogP contribution in [-0.2, 0) is 15.4 Å². The Morgan fingerprint density at radius 2 is 1.58 bits per heavy atom. The SMILES string of the molecule is CC1=NN(Cc2ccccc2)[Si-]2(C)(O1)OC(C)=N/[N+]2=C\c1ccccc1. The van der Waals surface area contributed by atoms with Gasteiger partial charge < -0.3 is 0 Å². The van der Waals surface area contributed by atoms with Crippen LogP contribution in [0.1, 0.15) is 25.0 Å². The Hall–Kier alpha value is -2.93. The quantitative estimate of drug-likeness (QED) is 0.783. The molecule has 1 spiro atoms. The van der Waals surface area contributed by atoms with Crippen molar-refractivity contribution in [1.29, 1.82) is 0 Å². The van der Waals surface area contributed by atoms with E-state index in [9.17, 15) is 0 Å². The van der Waals surface area contributed by atoms with Gasteiger partial charge in [0.15, 0.2) is 0 Å². The van der Waals surface area contributed by atoms with Gasteiger partial charge in [-0.1, -0.05) is 0 Å². The van der Waals surface area contributed by atoms with Crippen LogP contribution < -0.4 is 0 Å². The van der Waals surface area contributed by atoms with E-state index in [1.807, 2.05) is 84.2 Å². The summed E-state index contributed by atoms with van der Waals surface area (Å²) in [5.41, 5.74) is 2.17. The second-order valence-corrected chi connectivity index (χ2v) is 11.0. The van der Waals surface area contributed by atoms with Gasteiger partial charge in [0.25, 0.3) is 0 Å². The monoisotopic (exact) mass is 366 g/mol. The van der Waals surface area contributed by atoms with Crippen LogP contribution in [0.4, 0.5) is 0 Å². The van der Waals surface area contributed by atoms with E-state index < -0.39 is 8.16 Å². The van der Waals surface area contributed by atoms with E-state index in [2.05, 4.69) is 22.3 Å². The van der Waals surface area contributed by atoms with Crippen molar-refractivity contribution >= 4 is 26.2 Å². The summed E-state index contributed by atoms with van der Waals surface area (Å²) in [7, 11) is -3.83. The zero-order valence-electron chi connectivity index (χ0n) is 15.2. The third kappa shape index (κ3) is 2.60. The maximum absolute atomic E-state index is 6.32. The zero-order valence-corrected chi connectivity index (χ0v) is 16.2. The molecule has 0 saturated carbocycles. The first kappa shape index (κ1) is 16.5. The van der Waals surface area contributed by atoms with Crippen LogP contribution in [0, 0.1) is 0 Å². The first-order valence-electron chi connectivity index (χ1n) is 8.65. The third-order valence-corrected chi connectivity index (χ3v) is 8.85. The fourth-order valence-electron chi connectivity index (χ4n) is 3.43. The fourth-order valence-corrected chi connectivity index (χ4v) is 7.27. The molecule has 2 aromatic carbocycles. The molecule has 0 N–H and O–H groups in total. The van der Waals surface area contributed by atoms with Crippen molar-refractivity contribution < 1.29 is 13.2 Å². The van der Waals surface area contributed by atoms with E-state index in [0.29, 0.717) is 18.3 Å². The molecule has 6 nitrogen and oxygen atoms in total. The summed E-state index contributed by atoms with van der Waals surface area (Å²) in [5.74, 6) is 1.17. The summed E-state index contributed by atoms with van der Waals surface area (Å²) in [6, 6.07) is 20.2.